The molecular formula is C10H12Sn. The van der Waals surface area contributed by atoms with Crippen LogP contribution in [0.3, 0.4) is 0 Å². The summed E-state index contributed by atoms with van der Waals surface area (Å²) in [6.07, 6.45) is 18.2. The van der Waals surface area contributed by atoms with E-state index < -0.39 is 18.4 Å². The predicted molar refractivity (Wildman–Crippen MR) is 52.0 cm³/mol. The zero-order chi connectivity index (χ0) is 8.74. The van der Waals surface area contributed by atoms with Gasteiger partial charge in [-0.2, -0.15) is 0 Å². The van der Waals surface area contributed by atoms with Gasteiger partial charge in [0.15, 0.2) is 0 Å². The third-order valence-corrected chi connectivity index (χ3v) is 9.01. The van der Waals surface area contributed by atoms with Crippen LogP contribution in [-0.4, -0.2) is 18.4 Å². The Labute approximate surface area is 73.6 Å². The molecule has 0 unspecified atom stereocenters. The third kappa shape index (κ3) is 2.92. The Morgan fingerprint density at radius 2 is 1.55 bits per heavy atom. The van der Waals surface area contributed by atoms with Crippen LogP contribution in [0.15, 0.2) is 0 Å². The zero-order valence-corrected chi connectivity index (χ0v) is 9.71. The first kappa shape index (κ1) is 10.5. The van der Waals surface area contributed by atoms with Gasteiger partial charge < -0.3 is 0 Å². The van der Waals surface area contributed by atoms with Gasteiger partial charge in [-0.3, -0.25) is 0 Å². The van der Waals surface area contributed by atoms with Crippen LogP contribution >= 0.6 is 0 Å². The summed E-state index contributed by atoms with van der Waals surface area (Å²) in [5, 5.41) is 0. The molecule has 0 nitrogen and oxygen atoms in total. The van der Waals surface area contributed by atoms with Crippen LogP contribution in [0.1, 0.15) is 19.8 Å². The summed E-state index contributed by atoms with van der Waals surface area (Å²) in [7, 11) is 0. The molecule has 0 rings (SSSR count). The van der Waals surface area contributed by atoms with E-state index in [4.69, 9.17) is 19.3 Å². The van der Waals surface area contributed by atoms with Crippen LogP contribution in [0.5, 0.6) is 0 Å². The molecule has 0 saturated carbocycles. The van der Waals surface area contributed by atoms with Gasteiger partial charge in [-0.05, 0) is 0 Å². The molecule has 0 spiro atoms. The van der Waals surface area contributed by atoms with Crippen molar-refractivity contribution >= 4 is 18.4 Å². The molecule has 0 aliphatic carbocycles. The fourth-order valence-corrected chi connectivity index (χ4v) is 5.26. The fourth-order valence-electron chi connectivity index (χ4n) is 0.783. The van der Waals surface area contributed by atoms with E-state index in [-0.39, 0.29) is 0 Å². The van der Waals surface area contributed by atoms with Gasteiger partial charge in [0.05, 0.1) is 0 Å². The summed E-state index contributed by atoms with van der Waals surface area (Å²) in [5.41, 5.74) is 0. The molecule has 0 heterocycles. The van der Waals surface area contributed by atoms with Gasteiger partial charge in [-0.1, -0.05) is 0 Å². The number of hydrogen-bond acceptors (Lipinski definition) is 0. The van der Waals surface area contributed by atoms with Gasteiger partial charge in [0, 0.05) is 0 Å². The Morgan fingerprint density at radius 3 is 1.82 bits per heavy atom. The number of hydrogen-bond donors (Lipinski definition) is 0. The summed E-state index contributed by atoms with van der Waals surface area (Å²) in [4.78, 5) is 0. The molecule has 0 aromatic rings. The summed E-state index contributed by atoms with van der Waals surface area (Å²) in [6, 6.07) is 0. The Kier molecular flexibility index (Phi) is 4.93. The third-order valence-electron chi connectivity index (χ3n) is 1.64. The van der Waals surface area contributed by atoms with E-state index in [1.54, 1.807) is 0 Å². The van der Waals surface area contributed by atoms with Crippen LogP contribution in [-0.2, 0) is 0 Å². The van der Waals surface area contributed by atoms with Gasteiger partial charge in [-0.15, -0.1) is 0 Å². The Bertz CT molecular complexity index is 195. The van der Waals surface area contributed by atoms with E-state index in [0.717, 1.165) is 17.3 Å². The van der Waals surface area contributed by atoms with Gasteiger partial charge in [-0.25, -0.2) is 0 Å². The van der Waals surface area contributed by atoms with E-state index in [0.29, 0.717) is 0 Å². The number of unbranched alkanes of at least 4 members (excludes halogenated alkanes) is 1. The van der Waals surface area contributed by atoms with Crippen LogP contribution in [0.25, 0.3) is 0 Å². The molecule has 0 aromatic heterocycles. The Hall–Kier alpha value is -0.521. The van der Waals surface area contributed by atoms with Gasteiger partial charge in [0.2, 0.25) is 0 Å². The van der Waals surface area contributed by atoms with Crippen molar-refractivity contribution < 1.29 is 0 Å². The molecule has 0 saturated heterocycles. The molecule has 0 atom stereocenters. The van der Waals surface area contributed by atoms with E-state index in [2.05, 4.69) is 18.7 Å². The summed E-state index contributed by atoms with van der Waals surface area (Å²) in [6.45, 7) is 2.11. The van der Waals surface area contributed by atoms with Crippen LogP contribution in [0.2, 0.25) is 4.44 Å². The van der Waals surface area contributed by atoms with Crippen molar-refractivity contribution in [2.24, 2.45) is 0 Å². The quantitative estimate of drug-likeness (QED) is 0.529. The molecule has 0 amide bonds. The number of terminal acetylenes is 3. The van der Waals surface area contributed by atoms with Crippen LogP contribution in [0.4, 0.5) is 0 Å². The first-order valence-electron chi connectivity index (χ1n) is 3.68. The normalized spacial score (nSPS) is 9.27. The maximum absolute atomic E-state index is 5.33. The zero-order valence-electron chi connectivity index (χ0n) is 6.85. The summed E-state index contributed by atoms with van der Waals surface area (Å²) in [5.74, 6) is 0. The van der Waals surface area contributed by atoms with Crippen LogP contribution in [0, 0.1) is 31.1 Å². The van der Waals surface area contributed by atoms with E-state index in [1.807, 2.05) is 0 Å². The second-order valence-corrected chi connectivity index (χ2v) is 11.5. The van der Waals surface area contributed by atoms with Crippen molar-refractivity contribution in [2.45, 2.75) is 24.2 Å². The molecule has 0 bridgehead atoms. The maximum atomic E-state index is 5.33. The average Bonchev–Trinajstić information content (AvgIpc) is 2.08. The topological polar surface area (TPSA) is 0 Å². The van der Waals surface area contributed by atoms with Gasteiger partial charge >= 0.3 is 73.7 Å². The van der Waals surface area contributed by atoms with Crippen molar-refractivity contribution in [2.75, 3.05) is 0 Å². The van der Waals surface area contributed by atoms with Gasteiger partial charge in [0.1, 0.15) is 0 Å². The van der Waals surface area contributed by atoms with E-state index in [1.165, 1.54) is 0 Å². The van der Waals surface area contributed by atoms with Crippen molar-refractivity contribution in [3.63, 3.8) is 0 Å². The second-order valence-electron chi connectivity index (χ2n) is 2.44. The Balaban J connectivity index is 4.28. The molecule has 0 aliphatic heterocycles. The first-order chi connectivity index (χ1) is 5.24. The Morgan fingerprint density at radius 1 is 1.09 bits per heavy atom. The second kappa shape index (κ2) is 5.17. The molecule has 0 fully saturated rings. The molecule has 0 aromatic carbocycles. The molecule has 11 heavy (non-hydrogen) atoms. The van der Waals surface area contributed by atoms with Crippen LogP contribution < -0.4 is 0 Å². The minimum absolute atomic E-state index is 0.939. The van der Waals surface area contributed by atoms with Crippen molar-refractivity contribution in [1.29, 1.82) is 0 Å². The van der Waals surface area contributed by atoms with E-state index >= 15 is 0 Å². The molecule has 0 aliphatic rings. The first-order valence-corrected chi connectivity index (χ1v) is 9.98. The SMILES string of the molecule is C#[C][Sn]([C]#C)([C]#C)[CH2]CCC. The molecule has 1 heteroatoms. The van der Waals surface area contributed by atoms with Crippen molar-refractivity contribution in [1.82, 2.24) is 0 Å². The molecule has 0 radical (unpaired) electrons. The van der Waals surface area contributed by atoms with Crippen molar-refractivity contribution in [3.8, 4) is 31.1 Å². The molecule has 56 valence electrons. The average molecular weight is 251 g/mol. The van der Waals surface area contributed by atoms with Crippen molar-refractivity contribution in [3.05, 3.63) is 0 Å². The standard InChI is InChI=1S/C4H9.3C2H.Sn/c1-3-4-2;3*1-2;/h1,3-4H2,2H3;3*1H;. The molecule has 0 N–H and O–H groups in total. The minimum atomic E-state index is -2.88. The summed E-state index contributed by atoms with van der Waals surface area (Å²) < 4.78 is 9.00. The monoisotopic (exact) mass is 252 g/mol. The predicted octanol–water partition coefficient (Wildman–Crippen LogP) is 1.75. The molecular weight excluding hydrogens is 239 g/mol. The number of rotatable bonds is 3. The fraction of sp³-hybridized carbons (Fsp3) is 0.400. The van der Waals surface area contributed by atoms with E-state index in [9.17, 15) is 0 Å². The van der Waals surface area contributed by atoms with Gasteiger partial charge in [0.25, 0.3) is 0 Å². The summed E-state index contributed by atoms with van der Waals surface area (Å²) >= 11 is -2.88.